The number of amides is 1. The molecule has 0 spiro atoms. The maximum atomic E-state index is 12.3. The Morgan fingerprint density at radius 2 is 2.19 bits per heavy atom. The Kier molecular flexibility index (Phi) is 4.96. The third kappa shape index (κ3) is 3.80. The molecule has 0 aromatic heterocycles. The van der Waals surface area contributed by atoms with E-state index in [1.807, 2.05) is 31.3 Å². The lowest BCUT2D eigenvalue weighted by Crippen LogP contribution is -2.44. The number of nitrogens with zero attached hydrogens (tertiary/aromatic N) is 1. The van der Waals surface area contributed by atoms with Crippen LogP contribution in [-0.4, -0.2) is 35.6 Å². The van der Waals surface area contributed by atoms with Crippen LogP contribution in [0.15, 0.2) is 24.3 Å². The third-order valence-corrected chi connectivity index (χ3v) is 4.46. The summed E-state index contributed by atoms with van der Waals surface area (Å²) >= 11 is 4.98. The Balaban J connectivity index is 1.97. The highest BCUT2D eigenvalue weighted by molar-refractivity contribution is 7.80. The van der Waals surface area contributed by atoms with Gasteiger partial charge in [0.25, 0.3) is 0 Å². The monoisotopic (exact) mass is 306 g/mol. The fourth-order valence-corrected chi connectivity index (χ4v) is 2.75. The van der Waals surface area contributed by atoms with Crippen LogP contribution in [0.1, 0.15) is 36.8 Å². The van der Waals surface area contributed by atoms with E-state index in [-0.39, 0.29) is 11.5 Å². The number of carbonyl (C=O) groups is 1. The molecule has 1 aromatic carbocycles. The molecule has 21 heavy (non-hydrogen) atoms. The number of carbonyl (C=O) groups excluding carboxylic acids is 1. The van der Waals surface area contributed by atoms with Gasteiger partial charge < -0.3 is 15.4 Å². The molecule has 5 heteroatoms. The second-order valence-corrected chi connectivity index (χ2v) is 6.17. The van der Waals surface area contributed by atoms with E-state index in [1.54, 1.807) is 12.0 Å². The van der Waals surface area contributed by atoms with E-state index in [4.69, 9.17) is 22.7 Å². The molecule has 1 fully saturated rings. The van der Waals surface area contributed by atoms with Gasteiger partial charge in [-0.15, -0.1) is 0 Å². The molecule has 114 valence electrons. The molecule has 0 radical (unpaired) electrons. The van der Waals surface area contributed by atoms with Crippen molar-refractivity contribution in [3.8, 4) is 0 Å². The Morgan fingerprint density at radius 3 is 2.71 bits per heavy atom. The molecule has 1 aromatic rings. The van der Waals surface area contributed by atoms with Crippen molar-refractivity contribution in [1.29, 1.82) is 0 Å². The topological polar surface area (TPSA) is 55.6 Å². The minimum Gasteiger partial charge on any atom is -0.389 e. The van der Waals surface area contributed by atoms with Gasteiger partial charge in [0, 0.05) is 26.3 Å². The number of nitrogens with two attached hydrogens (primary N) is 1. The average molecular weight is 306 g/mol. The van der Waals surface area contributed by atoms with E-state index in [0.717, 1.165) is 30.4 Å². The summed E-state index contributed by atoms with van der Waals surface area (Å²) in [6, 6.07) is 7.69. The number of benzene rings is 1. The molecule has 1 saturated carbocycles. The molecule has 0 unspecified atom stereocenters. The number of methoxy groups -OCH3 is 1. The first kappa shape index (κ1) is 15.9. The maximum Gasteiger partial charge on any atom is 0.225 e. The van der Waals surface area contributed by atoms with Gasteiger partial charge in [0.05, 0.1) is 12.0 Å². The maximum absolute atomic E-state index is 12.3. The molecule has 0 bridgehead atoms. The first-order valence-electron chi connectivity index (χ1n) is 7.14. The van der Waals surface area contributed by atoms with Crippen molar-refractivity contribution in [1.82, 2.24) is 4.90 Å². The molecule has 1 aliphatic rings. The standard InChI is InChI=1S/C16H22N2O2S/c1-18(14(19)10-16(20-2)7-4-8-16)11-12-5-3-6-13(9-12)15(17)21/h3,5-6,9H,4,7-8,10-11H2,1-2H3,(H2,17,21). The molecule has 1 amide bonds. The van der Waals surface area contributed by atoms with Crippen LogP contribution >= 0.6 is 12.2 Å². The van der Waals surface area contributed by atoms with Crippen LogP contribution in [0, 0.1) is 0 Å². The van der Waals surface area contributed by atoms with E-state index in [9.17, 15) is 4.79 Å². The summed E-state index contributed by atoms with van der Waals surface area (Å²) in [6.07, 6.45) is 3.54. The molecule has 2 N–H and O–H groups in total. The van der Waals surface area contributed by atoms with Gasteiger partial charge in [-0.25, -0.2) is 0 Å². The summed E-state index contributed by atoms with van der Waals surface area (Å²) in [7, 11) is 3.51. The highest BCUT2D eigenvalue weighted by Gasteiger charge is 2.39. The summed E-state index contributed by atoms with van der Waals surface area (Å²) < 4.78 is 5.51. The van der Waals surface area contributed by atoms with Crippen LogP contribution in [-0.2, 0) is 16.1 Å². The van der Waals surface area contributed by atoms with Crippen LogP contribution in [0.3, 0.4) is 0 Å². The molecule has 4 nitrogen and oxygen atoms in total. The number of thiocarbonyl (C=S) groups is 1. The summed E-state index contributed by atoms with van der Waals surface area (Å²) in [5, 5.41) is 0. The summed E-state index contributed by atoms with van der Waals surface area (Å²) in [4.78, 5) is 14.4. The molecular weight excluding hydrogens is 284 g/mol. The predicted molar refractivity (Wildman–Crippen MR) is 87.0 cm³/mol. The minimum absolute atomic E-state index is 0.109. The van der Waals surface area contributed by atoms with E-state index >= 15 is 0 Å². The zero-order valence-corrected chi connectivity index (χ0v) is 13.4. The van der Waals surface area contributed by atoms with E-state index in [1.165, 1.54) is 0 Å². The number of rotatable bonds is 6. The quantitative estimate of drug-likeness (QED) is 0.819. The minimum atomic E-state index is -0.230. The van der Waals surface area contributed by atoms with E-state index in [0.29, 0.717) is 18.0 Å². The van der Waals surface area contributed by atoms with Crippen molar-refractivity contribution in [2.75, 3.05) is 14.2 Å². The lowest BCUT2D eigenvalue weighted by atomic mass is 9.77. The highest BCUT2D eigenvalue weighted by atomic mass is 32.1. The third-order valence-electron chi connectivity index (χ3n) is 4.23. The lowest BCUT2D eigenvalue weighted by Gasteiger charge is -2.40. The molecule has 0 aliphatic heterocycles. The van der Waals surface area contributed by atoms with Gasteiger partial charge in [-0.05, 0) is 30.9 Å². The van der Waals surface area contributed by atoms with Gasteiger partial charge >= 0.3 is 0 Å². The van der Waals surface area contributed by atoms with Crippen LogP contribution in [0.2, 0.25) is 0 Å². The molecular formula is C16H22N2O2S. The number of hydrogen-bond acceptors (Lipinski definition) is 3. The second-order valence-electron chi connectivity index (χ2n) is 5.73. The Morgan fingerprint density at radius 1 is 1.48 bits per heavy atom. The Bertz CT molecular complexity index is 535. The lowest BCUT2D eigenvalue weighted by molar-refractivity contribution is -0.143. The van der Waals surface area contributed by atoms with Crippen LogP contribution in [0.4, 0.5) is 0 Å². The average Bonchev–Trinajstić information content (AvgIpc) is 2.42. The Labute approximate surface area is 131 Å². The van der Waals surface area contributed by atoms with Gasteiger partial charge in [0.15, 0.2) is 0 Å². The fraction of sp³-hybridized carbons (Fsp3) is 0.500. The number of hydrogen-bond donors (Lipinski definition) is 1. The van der Waals surface area contributed by atoms with Crippen molar-refractivity contribution in [3.05, 3.63) is 35.4 Å². The molecule has 0 heterocycles. The van der Waals surface area contributed by atoms with Gasteiger partial charge in [-0.2, -0.15) is 0 Å². The number of ether oxygens (including phenoxy) is 1. The summed E-state index contributed by atoms with van der Waals surface area (Å²) in [5.41, 5.74) is 7.26. The second kappa shape index (κ2) is 6.54. The van der Waals surface area contributed by atoms with Gasteiger partial charge in [-0.3, -0.25) is 4.79 Å². The zero-order valence-electron chi connectivity index (χ0n) is 12.6. The van der Waals surface area contributed by atoms with Crippen LogP contribution < -0.4 is 5.73 Å². The van der Waals surface area contributed by atoms with Crippen molar-refractivity contribution in [2.45, 2.75) is 37.8 Å². The SMILES string of the molecule is COC1(CC(=O)N(C)Cc2cccc(C(N)=S)c2)CCC1. The first-order valence-corrected chi connectivity index (χ1v) is 7.54. The van der Waals surface area contributed by atoms with Crippen molar-refractivity contribution in [2.24, 2.45) is 5.73 Å². The predicted octanol–water partition coefficient (Wildman–Crippen LogP) is 2.24. The molecule has 0 saturated heterocycles. The molecule has 0 atom stereocenters. The normalized spacial score (nSPS) is 16.1. The van der Waals surface area contributed by atoms with Crippen LogP contribution in [0.5, 0.6) is 0 Å². The van der Waals surface area contributed by atoms with E-state index in [2.05, 4.69) is 0 Å². The van der Waals surface area contributed by atoms with Gasteiger partial charge in [0.1, 0.15) is 4.99 Å². The van der Waals surface area contributed by atoms with Crippen LogP contribution in [0.25, 0.3) is 0 Å². The van der Waals surface area contributed by atoms with Gasteiger partial charge in [-0.1, -0.05) is 30.4 Å². The van der Waals surface area contributed by atoms with Crippen molar-refractivity contribution < 1.29 is 9.53 Å². The van der Waals surface area contributed by atoms with Crippen molar-refractivity contribution >= 4 is 23.1 Å². The first-order chi connectivity index (χ1) is 9.96. The van der Waals surface area contributed by atoms with Crippen molar-refractivity contribution in [3.63, 3.8) is 0 Å². The van der Waals surface area contributed by atoms with E-state index < -0.39 is 0 Å². The zero-order chi connectivity index (χ0) is 15.5. The highest BCUT2D eigenvalue weighted by Crippen LogP contribution is 2.38. The Hall–Kier alpha value is -1.46. The fourth-order valence-electron chi connectivity index (χ4n) is 2.62. The smallest absolute Gasteiger partial charge is 0.225 e. The summed E-state index contributed by atoms with van der Waals surface area (Å²) in [5.74, 6) is 0.109. The largest absolute Gasteiger partial charge is 0.389 e. The molecule has 2 rings (SSSR count). The summed E-state index contributed by atoms with van der Waals surface area (Å²) in [6.45, 7) is 0.551. The molecule has 1 aliphatic carbocycles. The van der Waals surface area contributed by atoms with Gasteiger partial charge in [0.2, 0.25) is 5.91 Å².